The summed E-state index contributed by atoms with van der Waals surface area (Å²) >= 11 is 0. The van der Waals surface area contributed by atoms with Crippen molar-refractivity contribution < 1.29 is 28.5 Å². The summed E-state index contributed by atoms with van der Waals surface area (Å²) in [6, 6.07) is 11.4. The molecule has 32 heavy (non-hydrogen) atoms. The van der Waals surface area contributed by atoms with E-state index in [1.807, 2.05) is 57.2 Å². The maximum absolute atomic E-state index is 12.7. The number of carbonyl (C=O) groups excluding carboxylic acids is 1. The molecule has 7 heteroatoms. The Morgan fingerprint density at radius 1 is 1.03 bits per heavy atom. The molecule has 1 aliphatic rings. The molecule has 1 atom stereocenters. The SMILES string of the molecule is COC[C@H]1c2ccc(OCc3cc(OC)ccc3OC)cc2CCN1C(=O)OC(C)(C)C. The lowest BCUT2D eigenvalue weighted by atomic mass is 9.93. The molecule has 0 aromatic heterocycles. The standard InChI is InChI=1S/C25H33NO6/c1-25(2,3)32-24(27)26-12-11-17-13-20(7-9-21(17)22(26)16-28-4)31-15-18-14-19(29-5)8-10-23(18)30-6/h7-10,13-14,22H,11-12,15-16H2,1-6H3/t22-/m0/s1. The predicted molar refractivity (Wildman–Crippen MR) is 122 cm³/mol. The molecule has 0 radical (unpaired) electrons. The first kappa shape index (κ1) is 23.7. The van der Waals surface area contributed by atoms with Crippen molar-refractivity contribution in [2.24, 2.45) is 0 Å². The normalized spacial score (nSPS) is 15.7. The van der Waals surface area contributed by atoms with Crippen molar-refractivity contribution in [1.29, 1.82) is 0 Å². The zero-order valence-corrected chi connectivity index (χ0v) is 19.8. The fourth-order valence-electron chi connectivity index (χ4n) is 3.81. The number of benzene rings is 2. The topological polar surface area (TPSA) is 66.5 Å². The Bertz CT molecular complexity index is 937. The summed E-state index contributed by atoms with van der Waals surface area (Å²) in [5, 5.41) is 0. The van der Waals surface area contributed by atoms with Gasteiger partial charge >= 0.3 is 6.09 Å². The van der Waals surface area contributed by atoms with E-state index in [2.05, 4.69) is 0 Å². The van der Waals surface area contributed by atoms with Gasteiger partial charge in [0.05, 0.1) is 26.9 Å². The lowest BCUT2D eigenvalue weighted by Gasteiger charge is -2.37. The minimum absolute atomic E-state index is 0.203. The molecular weight excluding hydrogens is 410 g/mol. The maximum Gasteiger partial charge on any atom is 0.410 e. The van der Waals surface area contributed by atoms with Crippen molar-refractivity contribution >= 4 is 6.09 Å². The quantitative estimate of drug-likeness (QED) is 0.615. The van der Waals surface area contributed by atoms with E-state index in [1.54, 1.807) is 26.2 Å². The molecule has 0 unspecified atom stereocenters. The summed E-state index contributed by atoms with van der Waals surface area (Å²) in [6.45, 7) is 6.92. The van der Waals surface area contributed by atoms with Crippen LogP contribution in [0.15, 0.2) is 36.4 Å². The van der Waals surface area contributed by atoms with Crippen LogP contribution in [0.1, 0.15) is 43.5 Å². The van der Waals surface area contributed by atoms with E-state index in [-0.39, 0.29) is 12.1 Å². The van der Waals surface area contributed by atoms with E-state index in [9.17, 15) is 4.79 Å². The summed E-state index contributed by atoms with van der Waals surface area (Å²) in [4.78, 5) is 14.5. The van der Waals surface area contributed by atoms with Crippen LogP contribution in [0.2, 0.25) is 0 Å². The molecule has 2 aromatic rings. The van der Waals surface area contributed by atoms with Crippen LogP contribution in [0.25, 0.3) is 0 Å². The summed E-state index contributed by atoms with van der Waals surface area (Å²) in [5.74, 6) is 2.26. The third kappa shape index (κ3) is 5.65. The number of carbonyl (C=O) groups is 1. The molecule has 2 aromatic carbocycles. The summed E-state index contributed by atoms with van der Waals surface area (Å²) in [7, 11) is 4.91. The van der Waals surface area contributed by atoms with Gasteiger partial charge in [-0.3, -0.25) is 4.90 Å². The Morgan fingerprint density at radius 3 is 2.44 bits per heavy atom. The van der Waals surface area contributed by atoms with Crippen LogP contribution in [0.5, 0.6) is 17.2 Å². The fourth-order valence-corrected chi connectivity index (χ4v) is 3.81. The molecular formula is C25H33NO6. The number of nitrogens with zero attached hydrogens (tertiary/aromatic N) is 1. The number of fused-ring (bicyclic) bond motifs is 1. The van der Waals surface area contributed by atoms with E-state index in [0.29, 0.717) is 26.2 Å². The molecule has 0 saturated heterocycles. The van der Waals surface area contributed by atoms with E-state index in [0.717, 1.165) is 33.9 Å². The van der Waals surface area contributed by atoms with Crippen LogP contribution in [0.4, 0.5) is 4.79 Å². The predicted octanol–water partition coefficient (Wildman–Crippen LogP) is 4.76. The highest BCUT2D eigenvalue weighted by Gasteiger charge is 2.33. The Labute approximate surface area is 190 Å². The zero-order valence-electron chi connectivity index (χ0n) is 19.8. The number of hydrogen-bond acceptors (Lipinski definition) is 6. The van der Waals surface area contributed by atoms with Crippen molar-refractivity contribution in [2.45, 2.75) is 45.4 Å². The highest BCUT2D eigenvalue weighted by atomic mass is 16.6. The average Bonchev–Trinajstić information content (AvgIpc) is 2.76. The molecule has 0 spiro atoms. The van der Waals surface area contributed by atoms with Crippen LogP contribution in [-0.4, -0.2) is 51.1 Å². The second-order valence-corrected chi connectivity index (χ2v) is 8.72. The highest BCUT2D eigenvalue weighted by Crippen LogP contribution is 2.34. The van der Waals surface area contributed by atoms with Gasteiger partial charge in [0.2, 0.25) is 0 Å². The second kappa shape index (κ2) is 10.1. The van der Waals surface area contributed by atoms with Crippen molar-refractivity contribution in [3.63, 3.8) is 0 Å². The van der Waals surface area contributed by atoms with E-state index >= 15 is 0 Å². The lowest BCUT2D eigenvalue weighted by molar-refractivity contribution is 0.00323. The highest BCUT2D eigenvalue weighted by molar-refractivity contribution is 5.69. The minimum Gasteiger partial charge on any atom is -0.497 e. The monoisotopic (exact) mass is 443 g/mol. The van der Waals surface area contributed by atoms with Crippen molar-refractivity contribution in [3.8, 4) is 17.2 Å². The summed E-state index contributed by atoms with van der Waals surface area (Å²) < 4.78 is 27.8. The van der Waals surface area contributed by atoms with Gasteiger partial charge in [0, 0.05) is 19.2 Å². The van der Waals surface area contributed by atoms with Crippen LogP contribution in [0.3, 0.4) is 0 Å². The first-order valence-electron chi connectivity index (χ1n) is 10.7. The summed E-state index contributed by atoms with van der Waals surface area (Å²) in [5.41, 5.74) is 2.54. The molecule has 174 valence electrons. The molecule has 0 fully saturated rings. The molecule has 0 N–H and O–H groups in total. The first-order chi connectivity index (χ1) is 15.3. The maximum atomic E-state index is 12.7. The molecule has 1 aliphatic heterocycles. The second-order valence-electron chi connectivity index (χ2n) is 8.72. The third-order valence-electron chi connectivity index (χ3n) is 5.31. The van der Waals surface area contributed by atoms with Gasteiger partial charge < -0.3 is 23.7 Å². The Kier molecular flexibility index (Phi) is 7.51. The van der Waals surface area contributed by atoms with Gasteiger partial charge in [-0.15, -0.1) is 0 Å². The van der Waals surface area contributed by atoms with Gasteiger partial charge in [0.1, 0.15) is 29.5 Å². The van der Waals surface area contributed by atoms with Gasteiger partial charge in [0.25, 0.3) is 0 Å². The third-order valence-corrected chi connectivity index (χ3v) is 5.31. The largest absolute Gasteiger partial charge is 0.497 e. The molecule has 7 nitrogen and oxygen atoms in total. The smallest absolute Gasteiger partial charge is 0.410 e. The minimum atomic E-state index is -0.548. The van der Waals surface area contributed by atoms with E-state index in [1.165, 1.54) is 0 Å². The first-order valence-corrected chi connectivity index (χ1v) is 10.7. The molecule has 0 aliphatic carbocycles. The number of amides is 1. The lowest BCUT2D eigenvalue weighted by Crippen LogP contribution is -2.44. The van der Waals surface area contributed by atoms with Crippen LogP contribution >= 0.6 is 0 Å². The summed E-state index contributed by atoms with van der Waals surface area (Å²) in [6.07, 6.45) is 0.393. The fraction of sp³-hybridized carbons (Fsp3) is 0.480. The van der Waals surface area contributed by atoms with Gasteiger partial charge in [-0.25, -0.2) is 4.79 Å². The van der Waals surface area contributed by atoms with Gasteiger partial charge in [0.15, 0.2) is 0 Å². The average molecular weight is 444 g/mol. The number of hydrogen-bond donors (Lipinski definition) is 0. The van der Waals surface area contributed by atoms with E-state index in [4.69, 9.17) is 23.7 Å². The van der Waals surface area contributed by atoms with E-state index < -0.39 is 5.60 Å². The van der Waals surface area contributed by atoms with Gasteiger partial charge in [-0.2, -0.15) is 0 Å². The van der Waals surface area contributed by atoms with Crippen LogP contribution in [-0.2, 0) is 22.5 Å². The molecule has 1 amide bonds. The Hall–Kier alpha value is -2.93. The number of methoxy groups -OCH3 is 3. The Morgan fingerprint density at radius 2 is 1.78 bits per heavy atom. The van der Waals surface area contributed by atoms with Crippen LogP contribution < -0.4 is 14.2 Å². The number of ether oxygens (including phenoxy) is 5. The Balaban J connectivity index is 1.77. The van der Waals surface area contributed by atoms with Gasteiger partial charge in [-0.05, 0) is 68.7 Å². The molecule has 3 rings (SSSR count). The van der Waals surface area contributed by atoms with Gasteiger partial charge in [-0.1, -0.05) is 6.07 Å². The van der Waals surface area contributed by atoms with Crippen molar-refractivity contribution in [3.05, 3.63) is 53.1 Å². The van der Waals surface area contributed by atoms with Crippen LogP contribution in [0, 0.1) is 0 Å². The zero-order chi connectivity index (χ0) is 23.3. The number of rotatable bonds is 7. The molecule has 1 heterocycles. The molecule has 0 bridgehead atoms. The van der Waals surface area contributed by atoms with Crippen molar-refractivity contribution in [1.82, 2.24) is 4.90 Å². The van der Waals surface area contributed by atoms with Crippen molar-refractivity contribution in [2.75, 3.05) is 34.5 Å². The molecule has 0 saturated carbocycles.